The van der Waals surface area contributed by atoms with Crippen molar-refractivity contribution < 1.29 is 10.2 Å². The molecule has 5 heteroatoms. The van der Waals surface area contributed by atoms with E-state index in [4.69, 9.17) is 5.11 Å². The van der Waals surface area contributed by atoms with Crippen molar-refractivity contribution in [1.29, 1.82) is 0 Å². The van der Waals surface area contributed by atoms with E-state index in [9.17, 15) is 5.11 Å². The third kappa shape index (κ3) is 1.82. The zero-order chi connectivity index (χ0) is 10.8. The van der Waals surface area contributed by atoms with Crippen LogP contribution in [-0.2, 0) is 0 Å². The highest BCUT2D eigenvalue weighted by Crippen LogP contribution is 2.25. The number of aromatic nitrogens is 3. The van der Waals surface area contributed by atoms with E-state index in [1.54, 1.807) is 31.2 Å². The van der Waals surface area contributed by atoms with Gasteiger partial charge in [0.1, 0.15) is 17.1 Å². The molecular weight excluding hydrogens is 194 g/mol. The average Bonchev–Trinajstić information content (AvgIpc) is 2.67. The van der Waals surface area contributed by atoms with Crippen LogP contribution < -0.4 is 0 Å². The maximum absolute atomic E-state index is 9.44. The van der Waals surface area contributed by atoms with Gasteiger partial charge < -0.3 is 10.2 Å². The minimum atomic E-state index is -0.674. The Labute approximate surface area is 86.4 Å². The standard InChI is InChI=1S/C10H11N3O2/c1-6(14)9-10(12-13-11-9)7-2-4-8(15)5-3-7/h2-6,14-15H,1H3,(H,11,12,13). The first-order chi connectivity index (χ1) is 7.18. The van der Waals surface area contributed by atoms with Crippen LogP contribution in [0.5, 0.6) is 5.75 Å². The number of H-pyrrole nitrogens is 1. The summed E-state index contributed by atoms with van der Waals surface area (Å²) in [5.41, 5.74) is 1.91. The molecular formula is C10H11N3O2. The molecule has 0 aliphatic heterocycles. The van der Waals surface area contributed by atoms with Gasteiger partial charge in [0.25, 0.3) is 0 Å². The number of aliphatic hydroxyl groups excluding tert-OH is 1. The largest absolute Gasteiger partial charge is 0.508 e. The number of phenols is 1. The molecule has 0 saturated carbocycles. The molecule has 0 radical (unpaired) electrons. The Bertz CT molecular complexity index is 448. The third-order valence-electron chi connectivity index (χ3n) is 2.11. The fourth-order valence-corrected chi connectivity index (χ4v) is 1.36. The molecule has 1 heterocycles. The van der Waals surface area contributed by atoms with Crippen LogP contribution in [-0.4, -0.2) is 25.6 Å². The highest BCUT2D eigenvalue weighted by Gasteiger charge is 2.14. The molecule has 0 amide bonds. The fourth-order valence-electron chi connectivity index (χ4n) is 1.36. The Kier molecular flexibility index (Phi) is 2.39. The van der Waals surface area contributed by atoms with Gasteiger partial charge in [0.15, 0.2) is 0 Å². The molecule has 78 valence electrons. The van der Waals surface area contributed by atoms with Gasteiger partial charge in [0.2, 0.25) is 0 Å². The van der Waals surface area contributed by atoms with E-state index in [-0.39, 0.29) is 5.75 Å². The number of aromatic amines is 1. The summed E-state index contributed by atoms with van der Waals surface area (Å²) in [7, 11) is 0. The second-order valence-corrected chi connectivity index (χ2v) is 3.28. The lowest BCUT2D eigenvalue weighted by atomic mass is 10.1. The molecule has 0 aliphatic carbocycles. The zero-order valence-electron chi connectivity index (χ0n) is 8.18. The quantitative estimate of drug-likeness (QED) is 0.688. The number of rotatable bonds is 2. The Morgan fingerprint density at radius 2 is 1.87 bits per heavy atom. The second-order valence-electron chi connectivity index (χ2n) is 3.28. The summed E-state index contributed by atoms with van der Waals surface area (Å²) < 4.78 is 0. The van der Waals surface area contributed by atoms with Crippen LogP contribution in [0.3, 0.4) is 0 Å². The number of hydrogen-bond donors (Lipinski definition) is 3. The Morgan fingerprint density at radius 1 is 1.20 bits per heavy atom. The molecule has 5 nitrogen and oxygen atoms in total. The smallest absolute Gasteiger partial charge is 0.119 e. The summed E-state index contributed by atoms with van der Waals surface area (Å²) in [5.74, 6) is 0.195. The van der Waals surface area contributed by atoms with E-state index in [0.29, 0.717) is 11.4 Å². The van der Waals surface area contributed by atoms with Crippen LogP contribution in [0.15, 0.2) is 24.3 Å². The highest BCUT2D eigenvalue weighted by atomic mass is 16.3. The Morgan fingerprint density at radius 3 is 2.47 bits per heavy atom. The fraction of sp³-hybridized carbons (Fsp3) is 0.200. The van der Waals surface area contributed by atoms with Crippen LogP contribution >= 0.6 is 0 Å². The summed E-state index contributed by atoms with van der Waals surface area (Å²) >= 11 is 0. The Hall–Kier alpha value is -1.88. The lowest BCUT2D eigenvalue weighted by Crippen LogP contribution is -1.94. The molecule has 3 N–H and O–H groups in total. The van der Waals surface area contributed by atoms with E-state index in [0.717, 1.165) is 5.56 Å². The third-order valence-corrected chi connectivity index (χ3v) is 2.11. The monoisotopic (exact) mass is 205 g/mol. The van der Waals surface area contributed by atoms with Gasteiger partial charge in [-0.15, -0.1) is 0 Å². The maximum atomic E-state index is 9.44. The van der Waals surface area contributed by atoms with Gasteiger partial charge >= 0.3 is 0 Å². The minimum Gasteiger partial charge on any atom is -0.508 e. The van der Waals surface area contributed by atoms with E-state index >= 15 is 0 Å². The molecule has 2 rings (SSSR count). The van der Waals surface area contributed by atoms with Crippen LogP contribution in [0.4, 0.5) is 0 Å². The maximum Gasteiger partial charge on any atom is 0.119 e. The summed E-state index contributed by atoms with van der Waals surface area (Å²) in [5, 5.41) is 28.9. The minimum absolute atomic E-state index is 0.195. The van der Waals surface area contributed by atoms with Crippen molar-refractivity contribution in [1.82, 2.24) is 15.4 Å². The molecule has 1 atom stereocenters. The number of phenolic OH excluding ortho intramolecular Hbond substituents is 1. The van der Waals surface area contributed by atoms with E-state index < -0.39 is 6.10 Å². The van der Waals surface area contributed by atoms with Crippen LogP contribution in [0.2, 0.25) is 0 Å². The van der Waals surface area contributed by atoms with Gasteiger partial charge in [0.05, 0.1) is 6.10 Å². The second kappa shape index (κ2) is 3.70. The van der Waals surface area contributed by atoms with Gasteiger partial charge in [-0.1, -0.05) is 0 Å². The first-order valence-corrected chi connectivity index (χ1v) is 4.56. The molecule has 0 spiro atoms. The normalized spacial score (nSPS) is 12.7. The molecule has 0 bridgehead atoms. The molecule has 15 heavy (non-hydrogen) atoms. The number of nitrogens with one attached hydrogen (secondary N) is 1. The van der Waals surface area contributed by atoms with E-state index in [1.165, 1.54) is 0 Å². The number of aliphatic hydroxyl groups is 1. The number of aromatic hydroxyl groups is 1. The number of benzene rings is 1. The van der Waals surface area contributed by atoms with Crippen molar-refractivity contribution in [2.45, 2.75) is 13.0 Å². The predicted octanol–water partition coefficient (Wildman–Crippen LogP) is 1.23. The van der Waals surface area contributed by atoms with E-state index in [1.807, 2.05) is 0 Å². The first kappa shape index (κ1) is 9.67. The summed E-state index contributed by atoms with van der Waals surface area (Å²) in [6.45, 7) is 1.63. The Balaban J connectivity index is 2.45. The number of nitrogens with zero attached hydrogens (tertiary/aromatic N) is 2. The van der Waals surface area contributed by atoms with Gasteiger partial charge in [-0.25, -0.2) is 0 Å². The van der Waals surface area contributed by atoms with Crippen molar-refractivity contribution in [3.8, 4) is 17.0 Å². The van der Waals surface area contributed by atoms with Crippen LogP contribution in [0, 0.1) is 0 Å². The van der Waals surface area contributed by atoms with Crippen molar-refractivity contribution in [3.05, 3.63) is 30.0 Å². The SMILES string of the molecule is CC(O)c1n[nH]nc1-c1ccc(O)cc1. The first-order valence-electron chi connectivity index (χ1n) is 4.56. The molecule has 1 unspecified atom stereocenters. The molecule has 1 aromatic carbocycles. The topological polar surface area (TPSA) is 82.0 Å². The van der Waals surface area contributed by atoms with Crippen molar-refractivity contribution >= 4 is 0 Å². The summed E-state index contributed by atoms with van der Waals surface area (Å²) in [6.07, 6.45) is -0.674. The van der Waals surface area contributed by atoms with Gasteiger partial charge in [-0.05, 0) is 31.2 Å². The van der Waals surface area contributed by atoms with Crippen molar-refractivity contribution in [3.63, 3.8) is 0 Å². The van der Waals surface area contributed by atoms with Gasteiger partial charge in [-0.2, -0.15) is 15.4 Å². The molecule has 0 aliphatic rings. The summed E-state index contributed by atoms with van der Waals surface area (Å²) in [6, 6.07) is 6.57. The molecule has 0 fully saturated rings. The zero-order valence-corrected chi connectivity index (χ0v) is 8.18. The van der Waals surface area contributed by atoms with Crippen LogP contribution in [0.1, 0.15) is 18.7 Å². The average molecular weight is 205 g/mol. The van der Waals surface area contributed by atoms with Crippen LogP contribution in [0.25, 0.3) is 11.3 Å². The van der Waals surface area contributed by atoms with E-state index in [2.05, 4.69) is 15.4 Å². The lowest BCUT2D eigenvalue weighted by molar-refractivity contribution is 0.195. The summed E-state index contributed by atoms with van der Waals surface area (Å²) in [4.78, 5) is 0. The molecule has 0 saturated heterocycles. The molecule has 2 aromatic rings. The predicted molar refractivity (Wildman–Crippen MR) is 54.1 cm³/mol. The van der Waals surface area contributed by atoms with Crippen molar-refractivity contribution in [2.75, 3.05) is 0 Å². The highest BCUT2D eigenvalue weighted by molar-refractivity contribution is 5.62. The molecule has 1 aromatic heterocycles. The van der Waals surface area contributed by atoms with Gasteiger partial charge in [-0.3, -0.25) is 0 Å². The lowest BCUT2D eigenvalue weighted by Gasteiger charge is -2.02. The number of hydrogen-bond acceptors (Lipinski definition) is 4. The van der Waals surface area contributed by atoms with Gasteiger partial charge in [0, 0.05) is 5.56 Å². The van der Waals surface area contributed by atoms with Crippen molar-refractivity contribution in [2.24, 2.45) is 0 Å².